The van der Waals surface area contributed by atoms with Crippen molar-refractivity contribution in [1.82, 2.24) is 9.78 Å². The fraction of sp³-hybridized carbons (Fsp3) is 0.227. The summed E-state index contributed by atoms with van der Waals surface area (Å²) in [5.74, 6) is 0.398. The molecule has 0 spiro atoms. The highest BCUT2D eigenvalue weighted by molar-refractivity contribution is 6.02. The van der Waals surface area contributed by atoms with Crippen molar-refractivity contribution < 1.29 is 23.5 Å². The van der Waals surface area contributed by atoms with Crippen molar-refractivity contribution in [2.24, 2.45) is 0 Å². The number of methoxy groups -OCH3 is 2. The zero-order valence-electron chi connectivity index (χ0n) is 17.2. The second kappa shape index (κ2) is 8.10. The molecule has 3 aromatic rings. The van der Waals surface area contributed by atoms with E-state index < -0.39 is 11.9 Å². The summed E-state index contributed by atoms with van der Waals surface area (Å²) in [6, 6.07) is 10.0. The third-order valence-corrected chi connectivity index (χ3v) is 5.17. The molecule has 160 valence electrons. The zero-order valence-corrected chi connectivity index (χ0v) is 17.2. The van der Waals surface area contributed by atoms with Gasteiger partial charge in [-0.05, 0) is 43.3 Å². The number of ether oxygens (including phenoxy) is 2. The molecule has 1 aliphatic heterocycles. The van der Waals surface area contributed by atoms with Gasteiger partial charge < -0.3 is 20.1 Å². The maximum Gasteiger partial charge on any atom is 0.249 e. The van der Waals surface area contributed by atoms with Gasteiger partial charge in [-0.15, -0.1) is 0 Å². The maximum atomic E-state index is 13.3. The van der Waals surface area contributed by atoms with Crippen LogP contribution in [0.15, 0.2) is 42.5 Å². The minimum Gasteiger partial charge on any atom is -0.497 e. The Labute approximate surface area is 178 Å². The summed E-state index contributed by atoms with van der Waals surface area (Å²) in [6.45, 7) is 1.80. The molecule has 0 fully saturated rings. The first-order valence-electron chi connectivity index (χ1n) is 9.59. The molecule has 0 saturated heterocycles. The van der Waals surface area contributed by atoms with Gasteiger partial charge in [0.05, 0.1) is 32.0 Å². The smallest absolute Gasteiger partial charge is 0.249 e. The van der Waals surface area contributed by atoms with E-state index in [0.717, 1.165) is 0 Å². The molecule has 8 nitrogen and oxygen atoms in total. The summed E-state index contributed by atoms with van der Waals surface area (Å²) >= 11 is 0. The van der Waals surface area contributed by atoms with Crippen molar-refractivity contribution >= 4 is 23.3 Å². The number of amides is 2. The SMILES string of the molecule is COc1ccc(NC(=O)[C@@H]2CC(=O)Nc3c(C)c(-c4ccc(F)cc4)nn32)c(OC)c1. The standard InChI is InChI=1S/C22H21FN4O4/c1-12-20(13-4-6-14(23)7-5-13)26-27-17(11-19(28)25-21(12)27)22(29)24-16-9-8-15(30-2)10-18(16)31-3/h4-10,17H,11H2,1-3H3,(H,24,29)(H,25,28)/t17-/m0/s1. The van der Waals surface area contributed by atoms with E-state index in [9.17, 15) is 14.0 Å². The lowest BCUT2D eigenvalue weighted by Gasteiger charge is -2.24. The molecule has 2 heterocycles. The van der Waals surface area contributed by atoms with Crippen LogP contribution in [0.4, 0.5) is 15.9 Å². The van der Waals surface area contributed by atoms with Gasteiger partial charge in [-0.2, -0.15) is 5.10 Å². The molecule has 0 saturated carbocycles. The topological polar surface area (TPSA) is 94.5 Å². The molecule has 2 N–H and O–H groups in total. The average molecular weight is 424 g/mol. The number of nitrogens with zero attached hydrogens (tertiary/aromatic N) is 2. The number of aromatic nitrogens is 2. The molecular weight excluding hydrogens is 403 g/mol. The number of carbonyl (C=O) groups is 2. The molecule has 0 bridgehead atoms. The molecule has 0 aliphatic carbocycles. The van der Waals surface area contributed by atoms with Crippen LogP contribution in [0, 0.1) is 12.7 Å². The van der Waals surface area contributed by atoms with Gasteiger partial charge >= 0.3 is 0 Å². The van der Waals surface area contributed by atoms with E-state index in [1.165, 1.54) is 31.0 Å². The van der Waals surface area contributed by atoms with Gasteiger partial charge in [-0.3, -0.25) is 9.59 Å². The Hall–Kier alpha value is -3.88. The summed E-state index contributed by atoms with van der Waals surface area (Å²) in [7, 11) is 3.02. The lowest BCUT2D eigenvalue weighted by molar-refractivity contribution is -0.125. The largest absolute Gasteiger partial charge is 0.497 e. The predicted octanol–water partition coefficient (Wildman–Crippen LogP) is 3.54. The van der Waals surface area contributed by atoms with Gasteiger partial charge in [-0.1, -0.05) is 0 Å². The fourth-order valence-electron chi connectivity index (χ4n) is 3.54. The molecule has 1 atom stereocenters. The van der Waals surface area contributed by atoms with Gasteiger partial charge in [0.1, 0.15) is 29.2 Å². The van der Waals surface area contributed by atoms with E-state index in [-0.39, 0.29) is 18.1 Å². The van der Waals surface area contributed by atoms with Crippen LogP contribution in [0.25, 0.3) is 11.3 Å². The number of rotatable bonds is 5. The molecule has 1 aromatic heterocycles. The van der Waals surface area contributed by atoms with Crippen molar-refractivity contribution in [2.75, 3.05) is 24.9 Å². The van der Waals surface area contributed by atoms with Crippen LogP contribution in [0.1, 0.15) is 18.0 Å². The zero-order chi connectivity index (χ0) is 22.1. The van der Waals surface area contributed by atoms with E-state index >= 15 is 0 Å². The molecule has 1 aliphatic rings. The number of benzene rings is 2. The van der Waals surface area contributed by atoms with E-state index in [2.05, 4.69) is 15.7 Å². The summed E-state index contributed by atoms with van der Waals surface area (Å²) in [4.78, 5) is 25.4. The molecule has 4 rings (SSSR count). The molecule has 0 unspecified atom stereocenters. The number of halogens is 1. The third kappa shape index (κ3) is 3.81. The summed E-state index contributed by atoms with van der Waals surface area (Å²) in [6.07, 6.45) is -0.0682. The van der Waals surface area contributed by atoms with Crippen LogP contribution in [-0.4, -0.2) is 35.8 Å². The van der Waals surface area contributed by atoms with Crippen LogP contribution in [-0.2, 0) is 9.59 Å². The number of anilines is 2. The third-order valence-electron chi connectivity index (χ3n) is 5.17. The van der Waals surface area contributed by atoms with E-state index in [1.54, 1.807) is 37.3 Å². The highest BCUT2D eigenvalue weighted by atomic mass is 19.1. The summed E-state index contributed by atoms with van der Waals surface area (Å²) < 4.78 is 25.3. The van der Waals surface area contributed by atoms with Gasteiger partial charge in [-0.25, -0.2) is 9.07 Å². The minimum absolute atomic E-state index is 0.0682. The van der Waals surface area contributed by atoms with Crippen molar-refractivity contribution in [3.63, 3.8) is 0 Å². The lowest BCUT2D eigenvalue weighted by atomic mass is 10.1. The number of carbonyl (C=O) groups excluding carboxylic acids is 2. The van der Waals surface area contributed by atoms with E-state index in [1.807, 2.05) is 0 Å². The Kier molecular flexibility index (Phi) is 5.33. The maximum absolute atomic E-state index is 13.3. The number of nitrogens with one attached hydrogen (secondary N) is 2. The Morgan fingerprint density at radius 3 is 2.61 bits per heavy atom. The Morgan fingerprint density at radius 2 is 1.94 bits per heavy atom. The van der Waals surface area contributed by atoms with Crippen molar-refractivity contribution in [1.29, 1.82) is 0 Å². The summed E-state index contributed by atoms with van der Waals surface area (Å²) in [5.41, 5.74) is 2.39. The van der Waals surface area contributed by atoms with Gasteiger partial charge in [0.2, 0.25) is 11.8 Å². The van der Waals surface area contributed by atoms with Crippen LogP contribution in [0.2, 0.25) is 0 Å². The van der Waals surface area contributed by atoms with Crippen LogP contribution < -0.4 is 20.1 Å². The second-order valence-electron chi connectivity index (χ2n) is 7.10. The first-order chi connectivity index (χ1) is 14.9. The van der Waals surface area contributed by atoms with Gasteiger partial charge in [0, 0.05) is 17.2 Å². The highest BCUT2D eigenvalue weighted by Gasteiger charge is 2.34. The minimum atomic E-state index is -0.858. The Balaban J connectivity index is 1.68. The van der Waals surface area contributed by atoms with Crippen LogP contribution in [0.5, 0.6) is 11.5 Å². The molecule has 2 aromatic carbocycles. The molecule has 0 radical (unpaired) electrons. The van der Waals surface area contributed by atoms with E-state index in [0.29, 0.717) is 39.8 Å². The summed E-state index contributed by atoms with van der Waals surface area (Å²) in [5, 5.41) is 10.2. The first kappa shape index (κ1) is 20.4. The first-order valence-corrected chi connectivity index (χ1v) is 9.59. The highest BCUT2D eigenvalue weighted by Crippen LogP contribution is 2.35. The normalized spacial score (nSPS) is 15.1. The second-order valence-corrected chi connectivity index (χ2v) is 7.10. The Bertz CT molecular complexity index is 1160. The fourth-order valence-corrected chi connectivity index (χ4v) is 3.54. The van der Waals surface area contributed by atoms with Crippen LogP contribution >= 0.6 is 0 Å². The molecule has 2 amide bonds. The van der Waals surface area contributed by atoms with Gasteiger partial charge in [0.25, 0.3) is 0 Å². The van der Waals surface area contributed by atoms with Gasteiger partial charge in [0.15, 0.2) is 0 Å². The van der Waals surface area contributed by atoms with E-state index in [4.69, 9.17) is 9.47 Å². The Morgan fingerprint density at radius 1 is 1.19 bits per heavy atom. The lowest BCUT2D eigenvalue weighted by Crippen LogP contribution is -2.36. The monoisotopic (exact) mass is 424 g/mol. The van der Waals surface area contributed by atoms with Crippen molar-refractivity contribution in [2.45, 2.75) is 19.4 Å². The van der Waals surface area contributed by atoms with Crippen molar-refractivity contribution in [3.8, 4) is 22.8 Å². The average Bonchev–Trinajstić information content (AvgIpc) is 3.10. The number of fused-ring (bicyclic) bond motifs is 1. The quantitative estimate of drug-likeness (QED) is 0.653. The van der Waals surface area contributed by atoms with Crippen LogP contribution in [0.3, 0.4) is 0 Å². The number of hydrogen-bond acceptors (Lipinski definition) is 5. The van der Waals surface area contributed by atoms with Crippen molar-refractivity contribution in [3.05, 3.63) is 53.8 Å². The molecule has 31 heavy (non-hydrogen) atoms. The molecular formula is C22H21FN4O4. The predicted molar refractivity (Wildman–Crippen MR) is 113 cm³/mol. The molecule has 9 heteroatoms. The number of hydrogen-bond donors (Lipinski definition) is 2.